The molecule has 1 spiro atoms. The van der Waals surface area contributed by atoms with Crippen LogP contribution in [0.15, 0.2) is 66.7 Å². The molecule has 3 nitrogen and oxygen atoms in total. The molecule has 1 aromatic heterocycles. The molecule has 2 aliphatic rings. The third kappa shape index (κ3) is 4.10. The number of rotatable bonds is 5. The summed E-state index contributed by atoms with van der Waals surface area (Å²) in [6, 6.07) is 23.9. The van der Waals surface area contributed by atoms with Crippen LogP contribution in [0.25, 0.3) is 0 Å². The van der Waals surface area contributed by atoms with E-state index in [1.165, 1.54) is 26.4 Å². The van der Waals surface area contributed by atoms with Gasteiger partial charge in [0.2, 0.25) is 0 Å². The third-order valence-corrected chi connectivity index (χ3v) is 7.61. The Labute approximate surface area is 183 Å². The van der Waals surface area contributed by atoms with Crippen LogP contribution in [0.2, 0.25) is 0 Å². The normalized spacial score (nSPS) is 20.9. The Hall–Kier alpha value is -1.98. The van der Waals surface area contributed by atoms with Crippen molar-refractivity contribution in [2.24, 2.45) is 0 Å². The monoisotopic (exact) mass is 419 g/mol. The molecule has 0 aliphatic carbocycles. The van der Waals surface area contributed by atoms with Crippen molar-refractivity contribution in [1.29, 1.82) is 0 Å². The van der Waals surface area contributed by atoms with Gasteiger partial charge in [0.15, 0.2) is 6.29 Å². The minimum Gasteiger partial charge on any atom is -0.355 e. The van der Waals surface area contributed by atoms with E-state index in [9.17, 15) is 0 Å². The molecule has 2 aliphatic heterocycles. The molecule has 0 N–H and O–H groups in total. The fourth-order valence-electron chi connectivity index (χ4n) is 4.85. The molecule has 3 aromatic rings. The summed E-state index contributed by atoms with van der Waals surface area (Å²) in [4.78, 5) is 5.44. The van der Waals surface area contributed by atoms with Crippen LogP contribution < -0.4 is 0 Å². The number of likely N-dealkylation sites (tertiary alicyclic amines) is 1. The van der Waals surface area contributed by atoms with Crippen LogP contribution in [0.1, 0.15) is 39.3 Å². The van der Waals surface area contributed by atoms with E-state index in [1.807, 2.05) is 11.3 Å². The Kier molecular flexibility index (Phi) is 5.74. The summed E-state index contributed by atoms with van der Waals surface area (Å²) in [6.07, 6.45) is 3.76. The first kappa shape index (κ1) is 20.0. The Balaban J connectivity index is 1.35. The maximum Gasteiger partial charge on any atom is 0.163 e. The quantitative estimate of drug-likeness (QED) is 0.555. The van der Waals surface area contributed by atoms with Gasteiger partial charge in [0.1, 0.15) is 0 Å². The zero-order valence-electron chi connectivity index (χ0n) is 17.5. The van der Waals surface area contributed by atoms with Crippen molar-refractivity contribution in [1.82, 2.24) is 4.90 Å². The third-order valence-electron chi connectivity index (χ3n) is 6.46. The van der Waals surface area contributed by atoms with Crippen LogP contribution in [-0.4, -0.2) is 31.4 Å². The molecule has 1 fully saturated rings. The molecular weight excluding hydrogens is 390 g/mol. The highest BCUT2D eigenvalue weighted by Crippen LogP contribution is 2.46. The van der Waals surface area contributed by atoms with Crippen LogP contribution in [-0.2, 0) is 34.5 Å². The van der Waals surface area contributed by atoms with Gasteiger partial charge in [-0.3, -0.25) is 4.90 Å². The van der Waals surface area contributed by atoms with E-state index < -0.39 is 0 Å². The Morgan fingerprint density at radius 3 is 2.33 bits per heavy atom. The molecule has 0 saturated carbocycles. The number of methoxy groups -OCH3 is 1. The zero-order chi connectivity index (χ0) is 20.4. The SMILES string of the molecule is CO[C@H]1Cc2sc(Cc3ccccc3)cc2C2(CCN(Cc3ccccc3)CC2)O1. The molecule has 5 rings (SSSR count). The minimum atomic E-state index is -0.202. The van der Waals surface area contributed by atoms with Crippen molar-refractivity contribution >= 4 is 11.3 Å². The highest BCUT2D eigenvalue weighted by Gasteiger charge is 2.45. The van der Waals surface area contributed by atoms with Gasteiger partial charge in [-0.1, -0.05) is 60.7 Å². The van der Waals surface area contributed by atoms with Gasteiger partial charge in [0.05, 0.1) is 5.60 Å². The number of hydrogen-bond acceptors (Lipinski definition) is 4. The van der Waals surface area contributed by atoms with Gasteiger partial charge >= 0.3 is 0 Å². The predicted octanol–water partition coefficient (Wildman–Crippen LogP) is 5.38. The largest absolute Gasteiger partial charge is 0.355 e. The summed E-state index contributed by atoms with van der Waals surface area (Å²) < 4.78 is 12.3. The summed E-state index contributed by atoms with van der Waals surface area (Å²) in [5, 5.41) is 0. The average molecular weight is 420 g/mol. The number of benzene rings is 2. The lowest BCUT2D eigenvalue weighted by Crippen LogP contribution is -2.48. The topological polar surface area (TPSA) is 21.7 Å². The lowest BCUT2D eigenvalue weighted by atomic mass is 9.81. The van der Waals surface area contributed by atoms with Crippen molar-refractivity contribution in [3.63, 3.8) is 0 Å². The highest BCUT2D eigenvalue weighted by molar-refractivity contribution is 7.12. The first-order valence-corrected chi connectivity index (χ1v) is 11.7. The molecule has 4 heteroatoms. The Morgan fingerprint density at radius 2 is 1.67 bits per heavy atom. The molecule has 0 unspecified atom stereocenters. The highest BCUT2D eigenvalue weighted by atomic mass is 32.1. The standard InChI is InChI=1S/C26H29NO2S/c1-28-25-18-24-23(17-22(30-24)16-20-8-4-2-5-9-20)26(29-25)12-14-27(15-13-26)19-21-10-6-3-7-11-21/h2-11,17,25H,12-16,18-19H2,1H3/t25-/m1/s1. The molecule has 0 bridgehead atoms. The van der Waals surface area contributed by atoms with Gasteiger partial charge in [-0.15, -0.1) is 11.3 Å². The van der Waals surface area contributed by atoms with Crippen LogP contribution in [0.4, 0.5) is 0 Å². The number of ether oxygens (including phenoxy) is 2. The van der Waals surface area contributed by atoms with Gasteiger partial charge < -0.3 is 9.47 Å². The maximum absolute atomic E-state index is 6.61. The van der Waals surface area contributed by atoms with Crippen molar-refractivity contribution in [3.05, 3.63) is 93.2 Å². The number of thiophene rings is 1. The predicted molar refractivity (Wildman–Crippen MR) is 122 cm³/mol. The van der Waals surface area contributed by atoms with E-state index in [4.69, 9.17) is 9.47 Å². The fourth-order valence-corrected chi connectivity index (χ4v) is 6.15. The van der Waals surface area contributed by atoms with Gasteiger partial charge in [-0.05, 0) is 35.6 Å². The lowest BCUT2D eigenvalue weighted by Gasteiger charge is -2.46. The maximum atomic E-state index is 6.61. The Morgan fingerprint density at radius 1 is 1.00 bits per heavy atom. The van der Waals surface area contributed by atoms with E-state index in [1.54, 1.807) is 7.11 Å². The smallest absolute Gasteiger partial charge is 0.163 e. The number of fused-ring (bicyclic) bond motifs is 2. The van der Waals surface area contributed by atoms with Crippen molar-refractivity contribution in [2.45, 2.75) is 44.1 Å². The summed E-state index contributed by atoms with van der Waals surface area (Å²) in [7, 11) is 1.77. The molecular formula is C26H29NO2S. The summed E-state index contributed by atoms with van der Waals surface area (Å²) in [6.45, 7) is 3.11. The van der Waals surface area contributed by atoms with E-state index in [2.05, 4.69) is 71.6 Å². The van der Waals surface area contributed by atoms with E-state index >= 15 is 0 Å². The second-order valence-corrected chi connectivity index (χ2v) is 9.68. The lowest BCUT2D eigenvalue weighted by molar-refractivity contribution is -0.226. The first-order chi connectivity index (χ1) is 14.7. The van der Waals surface area contributed by atoms with Crippen molar-refractivity contribution in [3.8, 4) is 0 Å². The summed E-state index contributed by atoms with van der Waals surface area (Å²) >= 11 is 1.95. The van der Waals surface area contributed by atoms with E-state index in [0.717, 1.165) is 45.3 Å². The van der Waals surface area contributed by atoms with Gasteiger partial charge in [0, 0.05) is 49.3 Å². The summed E-state index contributed by atoms with van der Waals surface area (Å²) in [5.74, 6) is 0. The van der Waals surface area contributed by atoms with Crippen LogP contribution in [0.5, 0.6) is 0 Å². The molecule has 30 heavy (non-hydrogen) atoms. The summed E-state index contributed by atoms with van der Waals surface area (Å²) in [5.41, 5.74) is 3.97. The van der Waals surface area contributed by atoms with E-state index in [0.29, 0.717) is 0 Å². The average Bonchev–Trinajstić information content (AvgIpc) is 3.20. The van der Waals surface area contributed by atoms with Crippen molar-refractivity contribution in [2.75, 3.05) is 20.2 Å². The fraction of sp³-hybridized carbons (Fsp3) is 0.385. The van der Waals surface area contributed by atoms with Crippen LogP contribution in [0.3, 0.4) is 0 Å². The first-order valence-electron chi connectivity index (χ1n) is 10.9. The second kappa shape index (κ2) is 8.64. The Bertz CT molecular complexity index is 961. The second-order valence-electron chi connectivity index (χ2n) is 8.46. The van der Waals surface area contributed by atoms with Gasteiger partial charge in [-0.2, -0.15) is 0 Å². The molecule has 0 radical (unpaired) electrons. The zero-order valence-corrected chi connectivity index (χ0v) is 18.4. The van der Waals surface area contributed by atoms with Crippen LogP contribution >= 0.6 is 11.3 Å². The van der Waals surface area contributed by atoms with Crippen molar-refractivity contribution < 1.29 is 9.47 Å². The number of hydrogen-bond donors (Lipinski definition) is 0. The molecule has 3 heterocycles. The number of piperidine rings is 1. The molecule has 156 valence electrons. The molecule has 1 atom stereocenters. The molecule has 2 aromatic carbocycles. The van der Waals surface area contributed by atoms with Crippen LogP contribution in [0, 0.1) is 0 Å². The van der Waals surface area contributed by atoms with Gasteiger partial charge in [-0.25, -0.2) is 0 Å². The molecule has 0 amide bonds. The molecule has 1 saturated heterocycles. The number of nitrogens with zero attached hydrogens (tertiary/aromatic N) is 1. The van der Waals surface area contributed by atoms with E-state index in [-0.39, 0.29) is 11.9 Å². The van der Waals surface area contributed by atoms with Gasteiger partial charge in [0.25, 0.3) is 0 Å². The minimum absolute atomic E-state index is 0.138.